The van der Waals surface area contributed by atoms with E-state index in [0.29, 0.717) is 17.6 Å². The Bertz CT molecular complexity index is 864. The number of benzene rings is 2. The number of alkyl halides is 3. The van der Waals surface area contributed by atoms with Crippen molar-refractivity contribution in [2.75, 3.05) is 26.1 Å². The van der Waals surface area contributed by atoms with Gasteiger partial charge < -0.3 is 19.5 Å². The normalized spacial score (nSPS) is 10.9. The Morgan fingerprint density at radius 2 is 1.64 bits per heavy atom. The third-order valence-electron chi connectivity index (χ3n) is 3.49. The maximum atomic E-state index is 12.8. The van der Waals surface area contributed by atoms with Gasteiger partial charge in [0, 0.05) is 6.07 Å². The number of carbonyl (C=O) groups excluding carboxylic acids is 2. The minimum absolute atomic E-state index is 0.0705. The highest BCUT2D eigenvalue weighted by molar-refractivity contribution is 6.33. The molecule has 1 N–H and O–H groups in total. The van der Waals surface area contributed by atoms with Crippen molar-refractivity contribution in [2.45, 2.75) is 6.18 Å². The number of hydrogen-bond donors (Lipinski definition) is 1. The summed E-state index contributed by atoms with van der Waals surface area (Å²) < 4.78 is 53.2. The summed E-state index contributed by atoms with van der Waals surface area (Å²) in [4.78, 5) is 24.0. The number of halogens is 4. The number of nitrogens with one attached hydrogen (secondary N) is 1. The molecule has 0 aliphatic heterocycles. The lowest BCUT2D eigenvalue weighted by Gasteiger charge is -2.12. The van der Waals surface area contributed by atoms with Crippen molar-refractivity contribution in [3.63, 3.8) is 0 Å². The van der Waals surface area contributed by atoms with Gasteiger partial charge in [0.15, 0.2) is 6.61 Å². The molecule has 2 aromatic carbocycles. The summed E-state index contributed by atoms with van der Waals surface area (Å²) in [5, 5.41) is 2.08. The standard InChI is InChI=1S/C18H15ClF3NO5/c1-26-12-5-10(6-13(8-12)27-2)17(25)28-9-16(24)23-15-7-11(18(20,21)22)3-4-14(15)19/h3-8H,9H2,1-2H3,(H,23,24). The zero-order chi connectivity index (χ0) is 20.9. The van der Waals surface area contributed by atoms with Crippen LogP contribution in [0.2, 0.25) is 5.02 Å². The van der Waals surface area contributed by atoms with Crippen molar-refractivity contribution in [3.05, 3.63) is 52.5 Å². The van der Waals surface area contributed by atoms with E-state index >= 15 is 0 Å². The number of amides is 1. The summed E-state index contributed by atoms with van der Waals surface area (Å²) in [5.74, 6) is -1.02. The molecule has 2 rings (SSSR count). The van der Waals surface area contributed by atoms with Crippen LogP contribution in [0.4, 0.5) is 18.9 Å². The Hall–Kier alpha value is -2.94. The van der Waals surface area contributed by atoms with Crippen molar-refractivity contribution < 1.29 is 37.0 Å². The number of ether oxygens (including phenoxy) is 3. The van der Waals surface area contributed by atoms with E-state index < -0.39 is 30.2 Å². The molecule has 0 saturated carbocycles. The average Bonchev–Trinajstić information content (AvgIpc) is 2.66. The van der Waals surface area contributed by atoms with Crippen LogP contribution in [-0.4, -0.2) is 32.7 Å². The van der Waals surface area contributed by atoms with E-state index in [-0.39, 0.29) is 16.3 Å². The number of anilines is 1. The van der Waals surface area contributed by atoms with Gasteiger partial charge in [0.05, 0.1) is 36.1 Å². The molecule has 1 amide bonds. The molecule has 6 nitrogen and oxygen atoms in total. The van der Waals surface area contributed by atoms with Crippen LogP contribution in [0.15, 0.2) is 36.4 Å². The zero-order valence-corrected chi connectivity index (χ0v) is 15.5. The molecule has 0 radical (unpaired) electrons. The SMILES string of the molecule is COc1cc(OC)cc(C(=O)OCC(=O)Nc2cc(C(F)(F)F)ccc2Cl)c1. The van der Waals surface area contributed by atoms with Crippen molar-refractivity contribution >= 4 is 29.2 Å². The number of rotatable bonds is 6. The molecule has 0 fully saturated rings. The first kappa shape index (κ1) is 21.4. The van der Waals surface area contributed by atoms with E-state index in [1.54, 1.807) is 6.07 Å². The first-order chi connectivity index (χ1) is 13.1. The molecule has 0 bridgehead atoms. The topological polar surface area (TPSA) is 73.9 Å². The van der Waals surface area contributed by atoms with Crippen LogP contribution < -0.4 is 14.8 Å². The summed E-state index contributed by atoms with van der Waals surface area (Å²) in [6.45, 7) is -0.731. The maximum absolute atomic E-state index is 12.8. The van der Waals surface area contributed by atoms with Crippen LogP contribution in [0.1, 0.15) is 15.9 Å². The molecule has 150 valence electrons. The van der Waals surface area contributed by atoms with Gasteiger partial charge in [0.1, 0.15) is 11.5 Å². The minimum Gasteiger partial charge on any atom is -0.497 e. The van der Waals surface area contributed by atoms with Crippen LogP contribution in [0.25, 0.3) is 0 Å². The van der Waals surface area contributed by atoms with Crippen LogP contribution in [0, 0.1) is 0 Å². The molecular weight excluding hydrogens is 403 g/mol. The van der Waals surface area contributed by atoms with Crippen LogP contribution in [0.5, 0.6) is 11.5 Å². The summed E-state index contributed by atoms with van der Waals surface area (Å²) in [6, 6.07) is 6.79. The average molecular weight is 418 g/mol. The van der Waals surface area contributed by atoms with Crippen LogP contribution in [-0.2, 0) is 15.7 Å². The van der Waals surface area contributed by atoms with Gasteiger partial charge in [0.25, 0.3) is 5.91 Å². The predicted molar refractivity (Wildman–Crippen MR) is 94.9 cm³/mol. The molecule has 10 heteroatoms. The first-order valence-corrected chi connectivity index (χ1v) is 8.08. The largest absolute Gasteiger partial charge is 0.497 e. The van der Waals surface area contributed by atoms with E-state index in [0.717, 1.165) is 12.1 Å². The fourth-order valence-electron chi connectivity index (χ4n) is 2.12. The predicted octanol–water partition coefficient (Wildman–Crippen LogP) is 4.17. The van der Waals surface area contributed by atoms with Crippen molar-refractivity contribution in [1.29, 1.82) is 0 Å². The highest BCUT2D eigenvalue weighted by atomic mass is 35.5. The number of hydrogen-bond acceptors (Lipinski definition) is 5. The summed E-state index contributed by atoms with van der Waals surface area (Å²) in [6.07, 6.45) is -4.60. The zero-order valence-electron chi connectivity index (χ0n) is 14.7. The fraction of sp³-hybridized carbons (Fsp3) is 0.222. The van der Waals surface area contributed by atoms with Crippen molar-refractivity contribution in [1.82, 2.24) is 0 Å². The van der Waals surface area contributed by atoms with Crippen molar-refractivity contribution in [2.24, 2.45) is 0 Å². The maximum Gasteiger partial charge on any atom is 0.416 e. The lowest BCUT2D eigenvalue weighted by atomic mass is 10.2. The van der Waals surface area contributed by atoms with Gasteiger partial charge in [0.2, 0.25) is 0 Å². The van der Waals surface area contributed by atoms with Crippen LogP contribution >= 0.6 is 11.6 Å². The van der Waals surface area contributed by atoms with Gasteiger partial charge in [-0.15, -0.1) is 0 Å². The van der Waals surface area contributed by atoms with Gasteiger partial charge in [-0.2, -0.15) is 13.2 Å². The fourth-order valence-corrected chi connectivity index (χ4v) is 2.29. The Balaban J connectivity index is 2.04. The smallest absolute Gasteiger partial charge is 0.416 e. The summed E-state index contributed by atoms with van der Waals surface area (Å²) in [5.41, 5.74) is -1.16. The van der Waals surface area contributed by atoms with Gasteiger partial charge in [-0.05, 0) is 30.3 Å². The summed E-state index contributed by atoms with van der Waals surface area (Å²) in [7, 11) is 2.80. The van der Waals surface area contributed by atoms with E-state index in [9.17, 15) is 22.8 Å². The molecule has 0 saturated heterocycles. The minimum atomic E-state index is -4.60. The number of esters is 1. The van der Waals surface area contributed by atoms with E-state index in [1.165, 1.54) is 26.4 Å². The Kier molecular flexibility index (Phi) is 6.74. The molecule has 28 heavy (non-hydrogen) atoms. The molecule has 0 unspecified atom stereocenters. The Morgan fingerprint density at radius 3 is 2.18 bits per heavy atom. The Morgan fingerprint density at radius 1 is 1.04 bits per heavy atom. The lowest BCUT2D eigenvalue weighted by Crippen LogP contribution is -2.21. The molecule has 0 aliphatic rings. The monoisotopic (exact) mass is 417 g/mol. The van der Waals surface area contributed by atoms with Gasteiger partial charge in [-0.25, -0.2) is 4.79 Å². The second-order valence-corrected chi connectivity index (χ2v) is 5.83. The van der Waals surface area contributed by atoms with Gasteiger partial charge in [-0.1, -0.05) is 11.6 Å². The number of carbonyl (C=O) groups is 2. The third-order valence-corrected chi connectivity index (χ3v) is 3.82. The second-order valence-electron chi connectivity index (χ2n) is 5.42. The number of methoxy groups -OCH3 is 2. The first-order valence-electron chi connectivity index (χ1n) is 7.71. The van der Waals surface area contributed by atoms with Gasteiger partial charge in [-0.3, -0.25) is 4.79 Å². The molecular formula is C18H15ClF3NO5. The third kappa shape index (κ3) is 5.53. The molecule has 2 aromatic rings. The molecule has 0 aromatic heterocycles. The molecule has 0 heterocycles. The van der Waals surface area contributed by atoms with E-state index in [4.69, 9.17) is 25.8 Å². The molecule has 0 aliphatic carbocycles. The molecule has 0 spiro atoms. The lowest BCUT2D eigenvalue weighted by molar-refractivity contribution is -0.137. The second kappa shape index (κ2) is 8.83. The quantitative estimate of drug-likeness (QED) is 0.714. The highest BCUT2D eigenvalue weighted by Gasteiger charge is 2.31. The summed E-state index contributed by atoms with van der Waals surface area (Å²) >= 11 is 5.80. The van der Waals surface area contributed by atoms with Crippen LogP contribution in [0.3, 0.4) is 0 Å². The molecule has 0 atom stereocenters. The van der Waals surface area contributed by atoms with Gasteiger partial charge >= 0.3 is 12.1 Å². The van der Waals surface area contributed by atoms with E-state index in [2.05, 4.69) is 5.32 Å². The Labute approximate surface area is 163 Å². The highest BCUT2D eigenvalue weighted by Crippen LogP contribution is 2.33. The van der Waals surface area contributed by atoms with E-state index in [1.807, 2.05) is 0 Å². The van der Waals surface area contributed by atoms with Crippen molar-refractivity contribution in [3.8, 4) is 11.5 Å².